The van der Waals surface area contributed by atoms with Gasteiger partial charge in [-0.05, 0) is 30.3 Å². The Kier molecular flexibility index (Phi) is 5.35. The monoisotopic (exact) mass is 318 g/mol. The largest absolute Gasteiger partial charge is 0.508 e. The summed E-state index contributed by atoms with van der Waals surface area (Å²) in [4.78, 5) is 0. The van der Waals surface area contributed by atoms with Crippen LogP contribution in [0, 0.1) is 6.92 Å². The van der Waals surface area contributed by atoms with Gasteiger partial charge in [-0.3, -0.25) is 0 Å². The number of benzene rings is 2. The molecular weight excluding hydrogens is 295 g/mol. The van der Waals surface area contributed by atoms with Crippen LogP contribution in [0.2, 0.25) is 0 Å². The number of aryl methyl sites for hydroxylation is 1. The van der Waals surface area contributed by atoms with Gasteiger partial charge in [0.2, 0.25) is 0 Å². The molecule has 0 heterocycles. The molecule has 0 saturated heterocycles. The molecule has 2 atom stereocenters. The Morgan fingerprint density at radius 3 is 2.57 bits per heavy atom. The average Bonchev–Trinajstić information content (AvgIpc) is 2.50. The molecule has 1 N–H and O–H groups in total. The Morgan fingerprint density at radius 2 is 1.90 bits per heavy atom. The zero-order chi connectivity index (χ0) is 15.5. The lowest BCUT2D eigenvalue weighted by molar-refractivity contribution is 0.456. The summed E-state index contributed by atoms with van der Waals surface area (Å²) in [5.74, 6) is 1.16. The predicted octanol–water partition coefficient (Wildman–Crippen LogP) is 4.76. The summed E-state index contributed by atoms with van der Waals surface area (Å²) in [5.41, 5.74) is 3.53. The molecule has 0 radical (unpaired) electrons. The van der Waals surface area contributed by atoms with Crippen LogP contribution in [0.25, 0.3) is 0 Å². The number of phenolic OH excluding ortho intramolecular Hbond substituents is 1. The standard InChI is InChI=1S/C18H23OPS/c1-4-18(3,15-11-13(2)9-10-16(15)19)20-17-8-6-5-7-14(17)12-21/h5-11,19-21H,4,12H2,1-3H3. The smallest absolute Gasteiger partial charge is 0.119 e. The molecule has 0 bridgehead atoms. The van der Waals surface area contributed by atoms with Crippen LogP contribution in [0.1, 0.15) is 37.0 Å². The minimum Gasteiger partial charge on any atom is -0.508 e. The van der Waals surface area contributed by atoms with Crippen molar-refractivity contribution in [1.29, 1.82) is 0 Å². The first kappa shape index (κ1) is 16.4. The van der Waals surface area contributed by atoms with Gasteiger partial charge < -0.3 is 5.11 Å². The SMILES string of the molecule is CCC(C)(Pc1ccccc1CS)c1cc(C)ccc1O. The first-order valence-electron chi connectivity index (χ1n) is 7.27. The number of aromatic hydroxyl groups is 1. The summed E-state index contributed by atoms with van der Waals surface area (Å²) in [6.45, 7) is 6.51. The van der Waals surface area contributed by atoms with Gasteiger partial charge in [0, 0.05) is 16.5 Å². The van der Waals surface area contributed by atoms with Crippen molar-refractivity contribution in [3.05, 3.63) is 59.2 Å². The summed E-state index contributed by atoms with van der Waals surface area (Å²) in [5, 5.41) is 11.6. The normalized spacial score (nSPS) is 14.5. The molecule has 0 aliphatic heterocycles. The zero-order valence-corrected chi connectivity index (χ0v) is 14.7. The van der Waals surface area contributed by atoms with E-state index in [1.807, 2.05) is 12.1 Å². The van der Waals surface area contributed by atoms with Crippen LogP contribution in [0.5, 0.6) is 5.75 Å². The molecule has 0 fully saturated rings. The van der Waals surface area contributed by atoms with E-state index in [4.69, 9.17) is 0 Å². The topological polar surface area (TPSA) is 20.2 Å². The van der Waals surface area contributed by atoms with Crippen molar-refractivity contribution in [2.75, 3.05) is 0 Å². The van der Waals surface area contributed by atoms with Crippen molar-refractivity contribution in [1.82, 2.24) is 0 Å². The maximum absolute atomic E-state index is 10.3. The minimum absolute atomic E-state index is 0.0465. The maximum atomic E-state index is 10.3. The lowest BCUT2D eigenvalue weighted by atomic mass is 9.95. The summed E-state index contributed by atoms with van der Waals surface area (Å²) in [6.07, 6.45) is 0.989. The van der Waals surface area contributed by atoms with Crippen molar-refractivity contribution in [2.24, 2.45) is 0 Å². The van der Waals surface area contributed by atoms with Crippen LogP contribution in [-0.4, -0.2) is 5.11 Å². The van der Waals surface area contributed by atoms with Crippen LogP contribution in [0.3, 0.4) is 0 Å². The van der Waals surface area contributed by atoms with Gasteiger partial charge in [-0.2, -0.15) is 12.6 Å². The van der Waals surface area contributed by atoms with Crippen LogP contribution in [0.4, 0.5) is 0 Å². The molecule has 2 aromatic carbocycles. The van der Waals surface area contributed by atoms with Gasteiger partial charge in [-0.15, -0.1) is 0 Å². The second-order valence-corrected chi connectivity index (χ2v) is 7.85. The first-order chi connectivity index (χ1) is 10.00. The fourth-order valence-electron chi connectivity index (χ4n) is 2.52. The van der Waals surface area contributed by atoms with Gasteiger partial charge >= 0.3 is 0 Å². The Balaban J connectivity index is 2.44. The Bertz CT molecular complexity index is 626. The molecule has 2 unspecified atom stereocenters. The highest BCUT2D eigenvalue weighted by molar-refractivity contribution is 7.79. The van der Waals surface area contributed by atoms with E-state index in [9.17, 15) is 5.11 Å². The van der Waals surface area contributed by atoms with Gasteiger partial charge in [0.05, 0.1) is 0 Å². The summed E-state index contributed by atoms with van der Waals surface area (Å²) >= 11 is 4.44. The molecule has 3 heteroatoms. The molecule has 0 spiro atoms. The minimum atomic E-state index is -0.0465. The number of thiol groups is 1. The highest BCUT2D eigenvalue weighted by Gasteiger charge is 2.28. The molecule has 2 rings (SSSR count). The molecule has 21 heavy (non-hydrogen) atoms. The van der Waals surface area contributed by atoms with Crippen molar-refractivity contribution in [3.63, 3.8) is 0 Å². The Labute approximate surface area is 135 Å². The van der Waals surface area contributed by atoms with E-state index in [0.29, 0.717) is 14.3 Å². The Morgan fingerprint density at radius 1 is 1.19 bits per heavy atom. The maximum Gasteiger partial charge on any atom is 0.119 e. The molecule has 0 aliphatic rings. The van der Waals surface area contributed by atoms with E-state index in [0.717, 1.165) is 17.7 Å². The molecule has 0 saturated carbocycles. The van der Waals surface area contributed by atoms with Gasteiger partial charge in [0.15, 0.2) is 0 Å². The third-order valence-corrected chi connectivity index (χ3v) is 6.32. The van der Waals surface area contributed by atoms with Crippen molar-refractivity contribution < 1.29 is 5.11 Å². The van der Waals surface area contributed by atoms with Crippen molar-refractivity contribution >= 4 is 26.5 Å². The lowest BCUT2D eigenvalue weighted by Gasteiger charge is -2.31. The molecule has 0 aromatic heterocycles. The summed E-state index contributed by atoms with van der Waals surface area (Å²) in [6, 6.07) is 14.4. The molecule has 0 amide bonds. The van der Waals surface area contributed by atoms with Crippen LogP contribution >= 0.6 is 21.2 Å². The molecule has 0 aliphatic carbocycles. The lowest BCUT2D eigenvalue weighted by Crippen LogP contribution is -2.20. The first-order valence-corrected chi connectivity index (χ1v) is 8.90. The third-order valence-electron chi connectivity index (χ3n) is 4.05. The zero-order valence-electron chi connectivity index (χ0n) is 12.9. The van der Waals surface area contributed by atoms with Crippen molar-refractivity contribution in [3.8, 4) is 5.75 Å². The molecule has 1 nitrogen and oxygen atoms in total. The Hall–Kier alpha value is -0.980. The number of hydrogen-bond donors (Lipinski definition) is 2. The van der Waals surface area contributed by atoms with Crippen molar-refractivity contribution in [2.45, 2.75) is 38.1 Å². The van der Waals surface area contributed by atoms with Gasteiger partial charge in [0.1, 0.15) is 5.75 Å². The quantitative estimate of drug-likeness (QED) is 0.601. The molecule has 112 valence electrons. The highest BCUT2D eigenvalue weighted by Crippen LogP contribution is 2.47. The van der Waals surface area contributed by atoms with Crippen LogP contribution in [-0.2, 0) is 10.9 Å². The van der Waals surface area contributed by atoms with Gasteiger partial charge in [-0.1, -0.05) is 64.4 Å². The van der Waals surface area contributed by atoms with Crippen LogP contribution < -0.4 is 5.30 Å². The number of hydrogen-bond acceptors (Lipinski definition) is 2. The second kappa shape index (κ2) is 6.85. The summed E-state index contributed by atoms with van der Waals surface area (Å²) in [7, 11) is 0.615. The summed E-state index contributed by atoms with van der Waals surface area (Å²) < 4.78 is 0. The average molecular weight is 318 g/mol. The molecular formula is C18H23OPS. The van der Waals surface area contributed by atoms with Gasteiger partial charge in [0.25, 0.3) is 0 Å². The van der Waals surface area contributed by atoms with E-state index in [2.05, 4.69) is 63.7 Å². The van der Waals surface area contributed by atoms with E-state index < -0.39 is 0 Å². The van der Waals surface area contributed by atoms with E-state index in [1.165, 1.54) is 16.4 Å². The van der Waals surface area contributed by atoms with Gasteiger partial charge in [-0.25, -0.2) is 0 Å². The third kappa shape index (κ3) is 3.62. The molecule has 2 aromatic rings. The van der Waals surface area contributed by atoms with E-state index in [-0.39, 0.29) is 5.16 Å². The number of rotatable bonds is 5. The fraction of sp³-hybridized carbons (Fsp3) is 0.333. The number of phenols is 1. The second-order valence-electron chi connectivity index (χ2n) is 5.65. The highest BCUT2D eigenvalue weighted by atomic mass is 32.1. The fourth-order valence-corrected chi connectivity index (χ4v) is 4.56. The van der Waals surface area contributed by atoms with Crippen LogP contribution in [0.15, 0.2) is 42.5 Å². The van der Waals surface area contributed by atoms with E-state index >= 15 is 0 Å². The van der Waals surface area contributed by atoms with E-state index in [1.54, 1.807) is 0 Å². The predicted molar refractivity (Wildman–Crippen MR) is 97.6 cm³/mol.